The maximum atomic E-state index is 10.3. The molecule has 0 bridgehead atoms. The second-order valence-corrected chi connectivity index (χ2v) is 7.41. The first-order chi connectivity index (χ1) is 11.2. The summed E-state index contributed by atoms with van der Waals surface area (Å²) >= 11 is 0.147. The van der Waals surface area contributed by atoms with Gasteiger partial charge in [0.2, 0.25) is 0 Å². The zero-order valence-electron chi connectivity index (χ0n) is 13.9. The number of hydrogen-bond acceptors (Lipinski definition) is 3. The van der Waals surface area contributed by atoms with Crippen LogP contribution in [0.2, 0.25) is 5.32 Å². The molecule has 2 atom stereocenters. The van der Waals surface area contributed by atoms with Gasteiger partial charge in [-0.3, -0.25) is 0 Å². The van der Waals surface area contributed by atoms with Crippen LogP contribution in [0.15, 0.2) is 48.5 Å². The first-order valence-electron chi connectivity index (χ1n) is 7.76. The normalized spacial score (nSPS) is 13.6. The van der Waals surface area contributed by atoms with Crippen molar-refractivity contribution in [2.75, 3.05) is 14.2 Å². The van der Waals surface area contributed by atoms with Crippen molar-refractivity contribution in [2.45, 2.75) is 30.9 Å². The molecule has 0 saturated carbocycles. The van der Waals surface area contributed by atoms with E-state index < -0.39 is 6.10 Å². The van der Waals surface area contributed by atoms with Crippen molar-refractivity contribution in [3.63, 3.8) is 0 Å². The average Bonchev–Trinajstić information content (AvgIpc) is 2.62. The van der Waals surface area contributed by atoms with Gasteiger partial charge in [0.05, 0.1) is 0 Å². The van der Waals surface area contributed by atoms with E-state index in [1.807, 2.05) is 43.3 Å². The molecule has 0 fully saturated rings. The zero-order valence-corrected chi connectivity index (χ0v) is 15.6. The molecule has 0 aromatic heterocycles. The topological polar surface area (TPSA) is 38.7 Å². The fourth-order valence-electron chi connectivity index (χ4n) is 2.46. The molecule has 0 aliphatic rings. The third-order valence-electron chi connectivity index (χ3n) is 3.81. The zero-order chi connectivity index (χ0) is 16.7. The van der Waals surface area contributed by atoms with Crippen LogP contribution in [0, 0.1) is 0 Å². The van der Waals surface area contributed by atoms with Crippen LogP contribution in [0.3, 0.4) is 0 Å². The first-order valence-corrected chi connectivity index (χ1v) is 9.83. The van der Waals surface area contributed by atoms with Gasteiger partial charge in [-0.2, -0.15) is 0 Å². The van der Waals surface area contributed by atoms with Crippen LogP contribution in [0.25, 0.3) is 0 Å². The summed E-state index contributed by atoms with van der Waals surface area (Å²) < 4.78 is 12.3. The Morgan fingerprint density at radius 1 is 1.04 bits per heavy atom. The molecule has 2 aromatic carbocycles. The van der Waals surface area contributed by atoms with Crippen molar-refractivity contribution in [1.29, 1.82) is 0 Å². The van der Waals surface area contributed by atoms with Gasteiger partial charge in [-0.25, -0.2) is 0 Å². The van der Waals surface area contributed by atoms with Crippen molar-refractivity contribution in [3.05, 3.63) is 59.7 Å². The van der Waals surface area contributed by atoms with Crippen LogP contribution in [0.4, 0.5) is 0 Å². The summed E-state index contributed by atoms with van der Waals surface area (Å²) in [6.07, 6.45) is 0.315. The van der Waals surface area contributed by atoms with Gasteiger partial charge < -0.3 is 0 Å². The van der Waals surface area contributed by atoms with Crippen LogP contribution in [-0.2, 0) is 4.74 Å². The predicted octanol–water partition coefficient (Wildman–Crippen LogP) is 3.27. The summed E-state index contributed by atoms with van der Waals surface area (Å²) in [4.78, 5) is 0. The number of hydrogen-bond donors (Lipinski definition) is 1. The fourth-order valence-corrected chi connectivity index (χ4v) is 5.21. The van der Waals surface area contributed by atoms with Crippen molar-refractivity contribution < 1.29 is 14.6 Å². The molecule has 0 aliphatic carbocycles. The van der Waals surface area contributed by atoms with E-state index in [9.17, 15) is 5.11 Å². The molecule has 0 heterocycles. The molecule has 2 aromatic rings. The number of ether oxygens (including phenoxy) is 2. The van der Waals surface area contributed by atoms with E-state index in [2.05, 4.69) is 12.1 Å². The third-order valence-corrected chi connectivity index (χ3v) is 6.32. The van der Waals surface area contributed by atoms with Crippen molar-refractivity contribution in [1.82, 2.24) is 0 Å². The summed E-state index contributed by atoms with van der Waals surface area (Å²) in [5, 5.41) is 11.2. The molecule has 0 saturated heterocycles. The Morgan fingerprint density at radius 3 is 2.39 bits per heavy atom. The van der Waals surface area contributed by atoms with Gasteiger partial charge >= 0.3 is 144 Å². The Hall–Kier alpha value is -1.32. The number of aliphatic hydroxyl groups is 1. The molecule has 0 aliphatic heterocycles. The third kappa shape index (κ3) is 4.58. The predicted molar refractivity (Wildman–Crippen MR) is 94.6 cm³/mol. The Bertz CT molecular complexity index is 601. The summed E-state index contributed by atoms with van der Waals surface area (Å²) in [7, 11) is 3.43. The van der Waals surface area contributed by atoms with Crippen LogP contribution < -0.4 is 9.20 Å². The maximum absolute atomic E-state index is 10.3. The van der Waals surface area contributed by atoms with Crippen LogP contribution in [0.1, 0.15) is 36.7 Å². The molecular weight excluding hydrogens is 355 g/mol. The fraction of sp³-hybridized carbons (Fsp3) is 0.368. The van der Waals surface area contributed by atoms with E-state index in [0.29, 0.717) is 6.42 Å². The first kappa shape index (κ1) is 18.0. The number of methoxy groups -OCH3 is 2. The summed E-state index contributed by atoms with van der Waals surface area (Å²) in [6.45, 7) is 1.99. The Balaban J connectivity index is 2.21. The summed E-state index contributed by atoms with van der Waals surface area (Å²) in [6, 6.07) is 16.2. The van der Waals surface area contributed by atoms with Gasteiger partial charge in [0.1, 0.15) is 0 Å². The minimum absolute atomic E-state index is 0.0627. The molecule has 0 unspecified atom stereocenters. The number of rotatable bonds is 8. The van der Waals surface area contributed by atoms with Crippen molar-refractivity contribution >= 4 is 19.4 Å². The Labute approximate surface area is 144 Å². The second-order valence-electron chi connectivity index (χ2n) is 5.25. The quantitative estimate of drug-likeness (QED) is 0.716. The molecule has 4 heteroatoms. The van der Waals surface area contributed by atoms with Gasteiger partial charge in [0.15, 0.2) is 0 Å². The molecular formula is C19H24O3Se. The minimum atomic E-state index is -0.445. The summed E-state index contributed by atoms with van der Waals surface area (Å²) in [5.74, 6) is 0.859. The van der Waals surface area contributed by atoms with Gasteiger partial charge in [-0.15, -0.1) is 0 Å². The molecule has 0 amide bonds. The number of aliphatic hydroxyl groups excluding tert-OH is 1. The summed E-state index contributed by atoms with van der Waals surface area (Å²) in [5.41, 5.74) is 2.17. The Morgan fingerprint density at radius 2 is 1.78 bits per heavy atom. The molecule has 2 rings (SSSR count). The van der Waals surface area contributed by atoms with Crippen molar-refractivity contribution in [2.24, 2.45) is 0 Å². The van der Waals surface area contributed by atoms with E-state index in [0.717, 1.165) is 21.1 Å². The molecule has 1 N–H and O–H groups in total. The molecule has 23 heavy (non-hydrogen) atoms. The molecule has 0 spiro atoms. The van der Waals surface area contributed by atoms with E-state index in [1.165, 1.54) is 5.56 Å². The van der Waals surface area contributed by atoms with Crippen molar-refractivity contribution in [3.8, 4) is 5.75 Å². The van der Waals surface area contributed by atoms with Crippen LogP contribution >= 0.6 is 0 Å². The number of benzene rings is 2. The SMILES string of the molecule is CC[C@H](O)c1cccc(OC)c1[Se]C[C@@H](OC)c1ccccc1. The molecule has 3 nitrogen and oxygen atoms in total. The van der Waals surface area contributed by atoms with Gasteiger partial charge in [-0.05, 0) is 0 Å². The van der Waals surface area contributed by atoms with Gasteiger partial charge in [-0.1, -0.05) is 0 Å². The molecule has 0 radical (unpaired) electrons. The Kier molecular flexibility index (Phi) is 7.13. The van der Waals surface area contributed by atoms with E-state index >= 15 is 0 Å². The van der Waals surface area contributed by atoms with E-state index in [1.54, 1.807) is 14.2 Å². The standard InChI is InChI=1S/C19H24O3Se/c1-4-16(20)15-11-8-12-17(21-2)19(15)23-13-18(22-3)14-9-6-5-7-10-14/h5-12,16,18,20H,4,13H2,1-3H3/t16-,18+/m0/s1. The van der Waals surface area contributed by atoms with E-state index in [4.69, 9.17) is 9.47 Å². The monoisotopic (exact) mass is 380 g/mol. The van der Waals surface area contributed by atoms with Gasteiger partial charge in [0.25, 0.3) is 0 Å². The van der Waals surface area contributed by atoms with Gasteiger partial charge in [0, 0.05) is 0 Å². The second kappa shape index (κ2) is 9.09. The van der Waals surface area contributed by atoms with E-state index in [-0.39, 0.29) is 21.1 Å². The van der Waals surface area contributed by atoms with Crippen LogP contribution in [0.5, 0.6) is 5.75 Å². The average molecular weight is 379 g/mol. The molecule has 124 valence electrons. The van der Waals surface area contributed by atoms with Crippen LogP contribution in [-0.4, -0.2) is 34.3 Å².